The highest BCUT2D eigenvalue weighted by Gasteiger charge is 2.34. The minimum absolute atomic E-state index is 0.0257. The second kappa shape index (κ2) is 5.46. The van der Waals surface area contributed by atoms with E-state index in [1.54, 1.807) is 0 Å². The van der Waals surface area contributed by atoms with Crippen LogP contribution in [0.2, 0.25) is 5.02 Å². The monoisotopic (exact) mass is 269 g/mol. The number of para-hydroxylation sites is 1. The van der Waals surface area contributed by atoms with Crippen molar-refractivity contribution in [1.29, 1.82) is 0 Å². The summed E-state index contributed by atoms with van der Waals surface area (Å²) >= 11 is 11.0. The maximum Gasteiger partial charge on any atom is 0.418 e. The van der Waals surface area contributed by atoms with Gasteiger partial charge in [-0.1, -0.05) is 35.3 Å². The third kappa shape index (κ3) is 3.32. The first-order valence-corrected chi connectivity index (χ1v) is 5.13. The predicted octanol–water partition coefficient (Wildman–Crippen LogP) is 4.52. The van der Waals surface area contributed by atoms with Gasteiger partial charge in [-0.15, -0.1) is 0 Å². The Morgan fingerprint density at radius 2 is 2.00 bits per heavy atom. The van der Waals surface area contributed by atoms with Crippen molar-refractivity contribution in [2.24, 2.45) is 0 Å². The number of nitrogens with one attached hydrogen (secondary N) is 1. The Hall–Kier alpha value is -0.870. The van der Waals surface area contributed by atoms with Gasteiger partial charge in [0.1, 0.15) is 0 Å². The fourth-order valence-corrected chi connectivity index (χ4v) is 1.48. The summed E-state index contributed by atoms with van der Waals surface area (Å²) in [6.45, 7) is 0.177. The molecule has 0 fully saturated rings. The van der Waals surface area contributed by atoms with Crippen molar-refractivity contribution in [1.82, 2.24) is 0 Å². The number of rotatable bonds is 3. The maximum atomic E-state index is 12.6. The Labute approximate surface area is 101 Å². The number of hydrogen-bond donors (Lipinski definition) is 1. The maximum absolute atomic E-state index is 12.6. The lowest BCUT2D eigenvalue weighted by atomic mass is 10.1. The fourth-order valence-electron chi connectivity index (χ4n) is 1.15. The van der Waals surface area contributed by atoms with E-state index in [1.165, 1.54) is 23.7 Å². The summed E-state index contributed by atoms with van der Waals surface area (Å²) < 4.78 is 37.8. The van der Waals surface area contributed by atoms with Gasteiger partial charge in [-0.3, -0.25) is 0 Å². The average Bonchev–Trinajstić information content (AvgIpc) is 2.19. The smallest absolute Gasteiger partial charge is 0.380 e. The molecule has 16 heavy (non-hydrogen) atoms. The molecule has 1 nitrogen and oxygen atoms in total. The van der Waals surface area contributed by atoms with Gasteiger partial charge in [0.05, 0.1) is 16.3 Å². The van der Waals surface area contributed by atoms with Gasteiger partial charge in [-0.05, 0) is 12.1 Å². The number of alkyl halides is 3. The number of halogens is 5. The van der Waals surface area contributed by atoms with Gasteiger partial charge in [0.25, 0.3) is 0 Å². The zero-order valence-corrected chi connectivity index (χ0v) is 9.50. The predicted molar refractivity (Wildman–Crippen MR) is 59.9 cm³/mol. The summed E-state index contributed by atoms with van der Waals surface area (Å²) in [6.07, 6.45) is -2.96. The third-order valence-electron chi connectivity index (χ3n) is 1.80. The lowest BCUT2D eigenvalue weighted by molar-refractivity contribution is -0.136. The Morgan fingerprint density at radius 3 is 2.56 bits per heavy atom. The van der Waals surface area contributed by atoms with Crippen LogP contribution >= 0.6 is 23.2 Å². The second-order valence-electron chi connectivity index (χ2n) is 2.90. The number of hydrogen-bond acceptors (Lipinski definition) is 1. The minimum Gasteiger partial charge on any atom is -0.380 e. The SMILES string of the molecule is FC(F)(F)c1cccc(Cl)c1NC/C=C/Cl. The van der Waals surface area contributed by atoms with Crippen LogP contribution in [0.4, 0.5) is 18.9 Å². The summed E-state index contributed by atoms with van der Waals surface area (Å²) in [5.74, 6) is 0. The van der Waals surface area contributed by atoms with Crippen LogP contribution in [-0.2, 0) is 6.18 Å². The van der Waals surface area contributed by atoms with E-state index >= 15 is 0 Å². The van der Waals surface area contributed by atoms with Gasteiger partial charge < -0.3 is 5.32 Å². The topological polar surface area (TPSA) is 12.0 Å². The van der Waals surface area contributed by atoms with Crippen molar-refractivity contribution >= 4 is 28.9 Å². The van der Waals surface area contributed by atoms with Crippen molar-refractivity contribution in [2.45, 2.75) is 6.18 Å². The lowest BCUT2D eigenvalue weighted by Gasteiger charge is -2.14. The molecular weight excluding hydrogens is 262 g/mol. The van der Waals surface area contributed by atoms with Crippen LogP contribution < -0.4 is 5.32 Å². The Balaban J connectivity index is 3.04. The lowest BCUT2D eigenvalue weighted by Crippen LogP contribution is -2.11. The third-order valence-corrected chi connectivity index (χ3v) is 2.30. The van der Waals surface area contributed by atoms with E-state index in [0.717, 1.165) is 6.07 Å². The first-order chi connectivity index (χ1) is 7.46. The molecule has 88 valence electrons. The summed E-state index contributed by atoms with van der Waals surface area (Å²) in [4.78, 5) is 0. The Bertz CT molecular complexity index is 388. The van der Waals surface area contributed by atoms with Crippen LogP contribution in [-0.4, -0.2) is 6.54 Å². The molecule has 0 atom stereocenters. The number of benzene rings is 1. The van der Waals surface area contributed by atoms with Crippen molar-refractivity contribution in [3.63, 3.8) is 0 Å². The molecule has 0 aromatic heterocycles. The molecule has 0 aliphatic rings. The first-order valence-electron chi connectivity index (χ1n) is 4.31. The molecule has 0 spiro atoms. The fraction of sp³-hybridized carbons (Fsp3) is 0.200. The molecule has 6 heteroatoms. The van der Waals surface area contributed by atoms with Crippen molar-refractivity contribution in [3.05, 3.63) is 40.4 Å². The summed E-state index contributed by atoms with van der Waals surface area (Å²) in [7, 11) is 0. The van der Waals surface area contributed by atoms with E-state index in [2.05, 4.69) is 5.32 Å². The Morgan fingerprint density at radius 1 is 1.31 bits per heavy atom. The number of anilines is 1. The van der Waals surface area contributed by atoms with Crippen molar-refractivity contribution < 1.29 is 13.2 Å². The summed E-state index contributed by atoms with van der Waals surface area (Å²) in [5, 5.41) is 2.59. The summed E-state index contributed by atoms with van der Waals surface area (Å²) in [5.41, 5.74) is 0.298. The van der Waals surface area contributed by atoms with E-state index < -0.39 is 11.7 Å². The molecule has 1 aromatic carbocycles. The van der Waals surface area contributed by atoms with Crippen molar-refractivity contribution in [2.75, 3.05) is 11.9 Å². The minimum atomic E-state index is -4.43. The molecule has 1 aromatic rings. The van der Waals surface area contributed by atoms with Gasteiger partial charge in [0.2, 0.25) is 0 Å². The summed E-state index contributed by atoms with van der Waals surface area (Å²) in [6, 6.07) is 3.62. The molecule has 0 amide bonds. The quantitative estimate of drug-likeness (QED) is 0.851. The first kappa shape index (κ1) is 13.2. The largest absolute Gasteiger partial charge is 0.418 e. The van der Waals surface area contributed by atoms with Crippen LogP contribution in [0.25, 0.3) is 0 Å². The molecule has 0 aliphatic carbocycles. The van der Waals surface area contributed by atoms with Gasteiger partial charge in [-0.25, -0.2) is 0 Å². The van der Waals surface area contributed by atoms with E-state index in [9.17, 15) is 13.2 Å². The van der Waals surface area contributed by atoms with Crippen LogP contribution in [0.1, 0.15) is 5.56 Å². The second-order valence-corrected chi connectivity index (χ2v) is 3.56. The average molecular weight is 270 g/mol. The molecule has 0 saturated carbocycles. The highest BCUT2D eigenvalue weighted by molar-refractivity contribution is 6.33. The van der Waals surface area contributed by atoms with Gasteiger partial charge in [0.15, 0.2) is 0 Å². The van der Waals surface area contributed by atoms with E-state index in [-0.39, 0.29) is 17.3 Å². The molecule has 0 bridgehead atoms. The molecule has 1 rings (SSSR count). The highest BCUT2D eigenvalue weighted by Crippen LogP contribution is 2.38. The molecule has 0 radical (unpaired) electrons. The van der Waals surface area contributed by atoms with Crippen molar-refractivity contribution in [3.8, 4) is 0 Å². The molecule has 0 aliphatic heterocycles. The van der Waals surface area contributed by atoms with Crippen LogP contribution in [0, 0.1) is 0 Å². The highest BCUT2D eigenvalue weighted by atomic mass is 35.5. The standard InChI is InChI=1S/C10H8Cl2F3N/c11-5-2-6-16-9-7(10(13,14)15)3-1-4-8(9)12/h1-5,16H,6H2/b5-2+. The normalized spacial score (nSPS) is 12.1. The van der Waals surface area contributed by atoms with E-state index in [0.29, 0.717) is 0 Å². The van der Waals surface area contributed by atoms with Gasteiger partial charge in [0, 0.05) is 12.1 Å². The molecule has 0 unspecified atom stereocenters. The van der Waals surface area contributed by atoms with E-state index in [1.807, 2.05) is 0 Å². The van der Waals surface area contributed by atoms with Gasteiger partial charge >= 0.3 is 6.18 Å². The molecule has 1 N–H and O–H groups in total. The van der Waals surface area contributed by atoms with Crippen LogP contribution in [0.5, 0.6) is 0 Å². The molecule has 0 saturated heterocycles. The zero-order valence-electron chi connectivity index (χ0n) is 7.98. The Kier molecular flexibility index (Phi) is 4.50. The van der Waals surface area contributed by atoms with Crippen LogP contribution in [0.15, 0.2) is 29.8 Å². The molecule has 0 heterocycles. The van der Waals surface area contributed by atoms with Crippen LogP contribution in [0.3, 0.4) is 0 Å². The zero-order chi connectivity index (χ0) is 12.2. The van der Waals surface area contributed by atoms with Gasteiger partial charge in [-0.2, -0.15) is 13.2 Å². The molecular formula is C10H8Cl2F3N. The van der Waals surface area contributed by atoms with E-state index in [4.69, 9.17) is 23.2 Å².